The van der Waals surface area contributed by atoms with E-state index in [0.717, 1.165) is 18.5 Å². The summed E-state index contributed by atoms with van der Waals surface area (Å²) in [5.41, 5.74) is 6.56. The number of aromatic amines is 1. The summed E-state index contributed by atoms with van der Waals surface area (Å²) in [6.45, 7) is 0.616. The van der Waals surface area contributed by atoms with E-state index in [2.05, 4.69) is 10.2 Å². The summed E-state index contributed by atoms with van der Waals surface area (Å²) in [5.74, 6) is 0. The summed E-state index contributed by atoms with van der Waals surface area (Å²) in [7, 11) is 0. The van der Waals surface area contributed by atoms with Crippen LogP contribution in [0.5, 0.6) is 0 Å². The first-order valence-electron chi connectivity index (χ1n) is 4.25. The fourth-order valence-corrected chi connectivity index (χ4v) is 1.55. The molecule has 0 unspecified atom stereocenters. The van der Waals surface area contributed by atoms with Gasteiger partial charge in [-0.25, -0.2) is 0 Å². The molecule has 1 saturated heterocycles. The highest BCUT2D eigenvalue weighted by Gasteiger charge is 2.25. The van der Waals surface area contributed by atoms with Crippen LogP contribution < -0.4 is 5.73 Å². The van der Waals surface area contributed by atoms with E-state index >= 15 is 0 Å². The maximum Gasteiger partial charge on any atom is 0.0994 e. The zero-order valence-corrected chi connectivity index (χ0v) is 6.86. The normalized spacial score (nSPS) is 29.4. The van der Waals surface area contributed by atoms with Crippen LogP contribution in [0.25, 0.3) is 0 Å². The molecule has 0 amide bonds. The molecule has 2 atom stereocenters. The van der Waals surface area contributed by atoms with Gasteiger partial charge in [-0.05, 0) is 18.9 Å². The van der Waals surface area contributed by atoms with E-state index in [1.54, 1.807) is 6.20 Å². The number of hydrogen-bond donors (Lipinski definition) is 2. The SMILES string of the molecule is NC[C@@H]1CC[C@@H](c2ccn[nH]2)O1. The van der Waals surface area contributed by atoms with Crippen molar-refractivity contribution in [3.8, 4) is 0 Å². The van der Waals surface area contributed by atoms with E-state index in [9.17, 15) is 0 Å². The minimum absolute atomic E-state index is 0.182. The van der Waals surface area contributed by atoms with Crippen LogP contribution in [0.2, 0.25) is 0 Å². The summed E-state index contributed by atoms with van der Waals surface area (Å²) in [5, 5.41) is 6.79. The van der Waals surface area contributed by atoms with Crippen LogP contribution in [-0.2, 0) is 4.74 Å². The molecule has 0 spiro atoms. The molecule has 4 heteroatoms. The quantitative estimate of drug-likeness (QED) is 0.677. The van der Waals surface area contributed by atoms with Crippen molar-refractivity contribution in [2.75, 3.05) is 6.54 Å². The molecule has 0 aromatic carbocycles. The van der Waals surface area contributed by atoms with Crippen LogP contribution in [0.4, 0.5) is 0 Å². The first-order valence-corrected chi connectivity index (χ1v) is 4.25. The standard InChI is InChI=1S/C8H13N3O/c9-5-6-1-2-8(12-6)7-3-4-10-11-7/h3-4,6,8H,1-2,5,9H2,(H,10,11)/t6-,8-/m0/s1. The molecule has 12 heavy (non-hydrogen) atoms. The average Bonchev–Trinajstić information content (AvgIpc) is 2.75. The van der Waals surface area contributed by atoms with Crippen LogP contribution in [0.3, 0.4) is 0 Å². The molecule has 4 nitrogen and oxygen atoms in total. The molecule has 0 bridgehead atoms. The van der Waals surface area contributed by atoms with E-state index in [4.69, 9.17) is 10.5 Å². The lowest BCUT2D eigenvalue weighted by atomic mass is 10.1. The van der Waals surface area contributed by atoms with Crippen LogP contribution in [0.15, 0.2) is 12.3 Å². The molecule has 1 fully saturated rings. The summed E-state index contributed by atoms with van der Waals surface area (Å²) in [6, 6.07) is 1.95. The number of H-pyrrole nitrogens is 1. The van der Waals surface area contributed by atoms with Crippen LogP contribution in [0.1, 0.15) is 24.6 Å². The monoisotopic (exact) mass is 167 g/mol. The Morgan fingerprint density at radius 2 is 2.58 bits per heavy atom. The summed E-state index contributed by atoms with van der Waals surface area (Å²) >= 11 is 0. The Hall–Kier alpha value is -0.870. The van der Waals surface area contributed by atoms with Crippen molar-refractivity contribution in [1.29, 1.82) is 0 Å². The Morgan fingerprint density at radius 1 is 1.67 bits per heavy atom. The van der Waals surface area contributed by atoms with E-state index in [-0.39, 0.29) is 12.2 Å². The number of rotatable bonds is 2. The Balaban J connectivity index is 2.00. The third kappa shape index (κ3) is 1.35. The Morgan fingerprint density at radius 3 is 3.17 bits per heavy atom. The molecule has 0 aliphatic carbocycles. The lowest BCUT2D eigenvalue weighted by molar-refractivity contribution is 0.0474. The van der Waals surface area contributed by atoms with Gasteiger partial charge in [-0.2, -0.15) is 5.10 Å². The first kappa shape index (κ1) is 7.76. The summed E-state index contributed by atoms with van der Waals surface area (Å²) in [6.07, 6.45) is 4.26. The Kier molecular flexibility index (Phi) is 2.10. The van der Waals surface area contributed by atoms with Gasteiger partial charge in [-0.3, -0.25) is 5.10 Å². The van der Waals surface area contributed by atoms with E-state index < -0.39 is 0 Å². The molecule has 1 aliphatic heterocycles. The van der Waals surface area contributed by atoms with Gasteiger partial charge < -0.3 is 10.5 Å². The van der Waals surface area contributed by atoms with E-state index in [1.165, 1.54) is 0 Å². The number of nitrogens with two attached hydrogens (primary N) is 1. The molecule has 2 rings (SSSR count). The summed E-state index contributed by atoms with van der Waals surface area (Å²) < 4.78 is 5.66. The number of nitrogens with zero attached hydrogens (tertiary/aromatic N) is 1. The second kappa shape index (κ2) is 3.25. The smallest absolute Gasteiger partial charge is 0.0994 e. The number of nitrogens with one attached hydrogen (secondary N) is 1. The molecule has 2 heterocycles. The number of ether oxygens (including phenoxy) is 1. The highest BCUT2D eigenvalue weighted by atomic mass is 16.5. The van der Waals surface area contributed by atoms with Crippen LogP contribution >= 0.6 is 0 Å². The second-order valence-corrected chi connectivity index (χ2v) is 3.07. The van der Waals surface area contributed by atoms with Gasteiger partial charge in [0, 0.05) is 12.7 Å². The van der Waals surface area contributed by atoms with Crippen molar-refractivity contribution in [3.63, 3.8) is 0 Å². The summed E-state index contributed by atoms with van der Waals surface area (Å²) in [4.78, 5) is 0. The van der Waals surface area contributed by atoms with Crippen molar-refractivity contribution in [2.24, 2.45) is 5.73 Å². The Labute approximate surface area is 71.1 Å². The zero-order chi connectivity index (χ0) is 8.39. The van der Waals surface area contributed by atoms with Crippen LogP contribution in [-0.4, -0.2) is 22.8 Å². The van der Waals surface area contributed by atoms with Crippen molar-refractivity contribution >= 4 is 0 Å². The Bertz CT molecular complexity index is 234. The molecule has 66 valence electrons. The average molecular weight is 167 g/mol. The number of hydrogen-bond acceptors (Lipinski definition) is 3. The van der Waals surface area contributed by atoms with E-state index in [0.29, 0.717) is 6.54 Å². The zero-order valence-electron chi connectivity index (χ0n) is 6.86. The first-order chi connectivity index (χ1) is 5.90. The fraction of sp³-hybridized carbons (Fsp3) is 0.625. The van der Waals surface area contributed by atoms with Gasteiger partial charge in [0.25, 0.3) is 0 Å². The van der Waals surface area contributed by atoms with Crippen molar-refractivity contribution < 1.29 is 4.74 Å². The lowest BCUT2D eigenvalue weighted by Crippen LogP contribution is -2.18. The highest BCUT2D eigenvalue weighted by Crippen LogP contribution is 2.30. The molecule has 1 aliphatic rings. The molecule has 0 saturated carbocycles. The molecular weight excluding hydrogens is 154 g/mol. The van der Waals surface area contributed by atoms with Gasteiger partial charge in [0.15, 0.2) is 0 Å². The van der Waals surface area contributed by atoms with Gasteiger partial charge in [0.05, 0.1) is 17.9 Å². The van der Waals surface area contributed by atoms with Gasteiger partial charge in [0.1, 0.15) is 0 Å². The molecule has 1 aromatic heterocycles. The van der Waals surface area contributed by atoms with Gasteiger partial charge in [-0.1, -0.05) is 0 Å². The predicted octanol–water partition coefficient (Wildman–Crippen LogP) is 0.588. The third-order valence-corrected chi connectivity index (χ3v) is 2.24. The lowest BCUT2D eigenvalue weighted by Gasteiger charge is -2.09. The van der Waals surface area contributed by atoms with Crippen molar-refractivity contribution in [1.82, 2.24) is 10.2 Å². The van der Waals surface area contributed by atoms with Crippen molar-refractivity contribution in [3.05, 3.63) is 18.0 Å². The second-order valence-electron chi connectivity index (χ2n) is 3.07. The predicted molar refractivity (Wildman–Crippen MR) is 44.5 cm³/mol. The van der Waals surface area contributed by atoms with Crippen LogP contribution in [0, 0.1) is 0 Å². The topological polar surface area (TPSA) is 63.9 Å². The molecule has 1 aromatic rings. The largest absolute Gasteiger partial charge is 0.367 e. The third-order valence-electron chi connectivity index (χ3n) is 2.24. The van der Waals surface area contributed by atoms with Gasteiger partial charge >= 0.3 is 0 Å². The minimum atomic E-state index is 0.182. The molecule has 0 radical (unpaired) electrons. The van der Waals surface area contributed by atoms with Gasteiger partial charge in [0.2, 0.25) is 0 Å². The van der Waals surface area contributed by atoms with Gasteiger partial charge in [-0.15, -0.1) is 0 Å². The maximum atomic E-state index is 5.66. The highest BCUT2D eigenvalue weighted by molar-refractivity contribution is 5.03. The minimum Gasteiger partial charge on any atom is -0.367 e. The molecular formula is C8H13N3O. The van der Waals surface area contributed by atoms with Crippen molar-refractivity contribution in [2.45, 2.75) is 25.0 Å². The van der Waals surface area contributed by atoms with E-state index in [1.807, 2.05) is 6.07 Å². The fourth-order valence-electron chi connectivity index (χ4n) is 1.55. The number of aromatic nitrogens is 2. The molecule has 3 N–H and O–H groups in total. The maximum absolute atomic E-state index is 5.66.